The number of H-pyrrole nitrogens is 1. The van der Waals surface area contributed by atoms with Gasteiger partial charge in [0.25, 0.3) is 11.8 Å². The zero-order valence-electron chi connectivity index (χ0n) is 19.5. The van der Waals surface area contributed by atoms with Gasteiger partial charge in [0.15, 0.2) is 0 Å². The minimum Gasteiger partial charge on any atom is -0.361 e. The van der Waals surface area contributed by atoms with Gasteiger partial charge in [-0.15, -0.1) is 0 Å². The van der Waals surface area contributed by atoms with E-state index in [2.05, 4.69) is 26.3 Å². The molecule has 0 aliphatic carbocycles. The van der Waals surface area contributed by atoms with Crippen molar-refractivity contribution in [3.63, 3.8) is 0 Å². The summed E-state index contributed by atoms with van der Waals surface area (Å²) in [6, 6.07) is 14.8. The number of Topliss-reactive ketones (excluding diaryl/α,β-unsaturated/α-hetero) is 1. The molecule has 2 aromatic carbocycles. The highest BCUT2D eigenvalue weighted by Crippen LogP contribution is 2.17. The van der Waals surface area contributed by atoms with Crippen LogP contribution in [-0.4, -0.2) is 53.5 Å². The lowest BCUT2D eigenvalue weighted by molar-refractivity contribution is -0.140. The summed E-state index contributed by atoms with van der Waals surface area (Å²) in [5, 5.41) is 11.2. The SMILES string of the molecule is O=C(CNC(=O)c1ccc2[nH]ccc2c1)NC(CC1CCNC1=O)C(=O)C(=O)NCc1ccccc1. The minimum absolute atomic E-state index is 0.00668. The molecule has 186 valence electrons. The summed E-state index contributed by atoms with van der Waals surface area (Å²) in [7, 11) is 0. The van der Waals surface area contributed by atoms with Gasteiger partial charge in [0, 0.05) is 41.7 Å². The van der Waals surface area contributed by atoms with Crippen molar-refractivity contribution in [2.24, 2.45) is 5.92 Å². The van der Waals surface area contributed by atoms with E-state index >= 15 is 0 Å². The van der Waals surface area contributed by atoms with Gasteiger partial charge >= 0.3 is 0 Å². The maximum absolute atomic E-state index is 12.9. The van der Waals surface area contributed by atoms with E-state index in [9.17, 15) is 24.0 Å². The number of hydrogen-bond acceptors (Lipinski definition) is 5. The summed E-state index contributed by atoms with van der Waals surface area (Å²) in [5.74, 6) is -3.51. The van der Waals surface area contributed by atoms with Crippen LogP contribution in [0, 0.1) is 5.92 Å². The molecule has 2 atom stereocenters. The van der Waals surface area contributed by atoms with Crippen LogP contribution in [0.25, 0.3) is 10.9 Å². The number of aromatic amines is 1. The summed E-state index contributed by atoms with van der Waals surface area (Å²) in [4.78, 5) is 65.6. The van der Waals surface area contributed by atoms with Crippen LogP contribution in [0.4, 0.5) is 0 Å². The van der Waals surface area contributed by atoms with Crippen molar-refractivity contribution < 1.29 is 24.0 Å². The Morgan fingerprint density at radius 2 is 1.81 bits per heavy atom. The average Bonchev–Trinajstić information content (AvgIpc) is 3.53. The molecule has 5 N–H and O–H groups in total. The van der Waals surface area contributed by atoms with Crippen molar-refractivity contribution in [1.29, 1.82) is 0 Å². The van der Waals surface area contributed by atoms with Crippen LogP contribution in [0.3, 0.4) is 0 Å². The van der Waals surface area contributed by atoms with E-state index in [1.165, 1.54) is 0 Å². The highest BCUT2D eigenvalue weighted by molar-refractivity contribution is 6.38. The van der Waals surface area contributed by atoms with Crippen molar-refractivity contribution in [3.05, 3.63) is 71.9 Å². The largest absolute Gasteiger partial charge is 0.361 e. The van der Waals surface area contributed by atoms with Crippen molar-refractivity contribution in [2.45, 2.75) is 25.4 Å². The van der Waals surface area contributed by atoms with E-state index in [1.54, 1.807) is 24.4 Å². The van der Waals surface area contributed by atoms with E-state index in [-0.39, 0.29) is 18.9 Å². The monoisotopic (exact) mass is 489 g/mol. The quantitative estimate of drug-likeness (QED) is 0.267. The number of carbonyl (C=O) groups is 5. The minimum atomic E-state index is -1.20. The van der Waals surface area contributed by atoms with Gasteiger partial charge in [-0.05, 0) is 42.7 Å². The number of aromatic nitrogens is 1. The number of nitrogens with one attached hydrogen (secondary N) is 5. The van der Waals surface area contributed by atoms with E-state index < -0.39 is 42.0 Å². The van der Waals surface area contributed by atoms with Gasteiger partial charge in [0.1, 0.15) is 0 Å². The van der Waals surface area contributed by atoms with Crippen molar-refractivity contribution in [1.82, 2.24) is 26.3 Å². The second-order valence-electron chi connectivity index (χ2n) is 8.63. The Morgan fingerprint density at radius 1 is 1.00 bits per heavy atom. The molecule has 0 bridgehead atoms. The number of fused-ring (bicyclic) bond motifs is 1. The second kappa shape index (κ2) is 11.3. The fraction of sp³-hybridized carbons (Fsp3) is 0.269. The third kappa shape index (κ3) is 6.15. The predicted molar refractivity (Wildman–Crippen MR) is 132 cm³/mol. The fourth-order valence-electron chi connectivity index (χ4n) is 4.11. The number of ketones is 1. The third-order valence-corrected chi connectivity index (χ3v) is 6.08. The van der Waals surface area contributed by atoms with Crippen LogP contribution in [0.5, 0.6) is 0 Å². The molecule has 0 spiro atoms. The van der Waals surface area contributed by atoms with Crippen LogP contribution >= 0.6 is 0 Å². The van der Waals surface area contributed by atoms with Crippen LogP contribution in [0.15, 0.2) is 60.8 Å². The Morgan fingerprint density at radius 3 is 2.56 bits per heavy atom. The number of carbonyl (C=O) groups excluding carboxylic acids is 5. The maximum atomic E-state index is 12.9. The first-order chi connectivity index (χ1) is 17.4. The Kier molecular flexibility index (Phi) is 7.74. The summed E-state index contributed by atoms with van der Waals surface area (Å²) in [6.07, 6.45) is 2.26. The summed E-state index contributed by atoms with van der Waals surface area (Å²) >= 11 is 0. The number of hydrogen-bond donors (Lipinski definition) is 5. The number of benzene rings is 2. The lowest BCUT2D eigenvalue weighted by Gasteiger charge is -2.20. The zero-order valence-corrected chi connectivity index (χ0v) is 19.5. The molecule has 1 aromatic heterocycles. The molecule has 1 saturated heterocycles. The summed E-state index contributed by atoms with van der Waals surface area (Å²) in [6.45, 7) is 0.230. The van der Waals surface area contributed by atoms with Crippen LogP contribution in [0.1, 0.15) is 28.8 Å². The smallest absolute Gasteiger partial charge is 0.289 e. The molecule has 36 heavy (non-hydrogen) atoms. The van der Waals surface area contributed by atoms with Gasteiger partial charge in [-0.2, -0.15) is 0 Å². The molecular weight excluding hydrogens is 462 g/mol. The van der Waals surface area contributed by atoms with Gasteiger partial charge in [-0.1, -0.05) is 30.3 Å². The zero-order chi connectivity index (χ0) is 25.5. The molecule has 1 aliphatic rings. The number of amides is 4. The third-order valence-electron chi connectivity index (χ3n) is 6.08. The van der Waals surface area contributed by atoms with Gasteiger partial charge in [0.05, 0.1) is 12.6 Å². The highest BCUT2D eigenvalue weighted by Gasteiger charge is 2.34. The molecule has 4 rings (SSSR count). The molecular formula is C26H27N5O5. The molecule has 1 fully saturated rings. The van der Waals surface area contributed by atoms with Crippen LogP contribution in [0.2, 0.25) is 0 Å². The van der Waals surface area contributed by atoms with Crippen molar-refractivity contribution in [2.75, 3.05) is 13.1 Å². The van der Waals surface area contributed by atoms with E-state index in [0.29, 0.717) is 18.5 Å². The predicted octanol–water partition coefficient (Wildman–Crippen LogP) is 0.794. The van der Waals surface area contributed by atoms with E-state index in [4.69, 9.17) is 0 Å². The van der Waals surface area contributed by atoms with Crippen molar-refractivity contribution >= 4 is 40.3 Å². The molecule has 1 aliphatic heterocycles. The summed E-state index contributed by atoms with van der Waals surface area (Å²) < 4.78 is 0. The first-order valence-corrected chi connectivity index (χ1v) is 11.7. The average molecular weight is 490 g/mol. The molecule has 0 saturated carbocycles. The Hall–Kier alpha value is -4.47. The Labute approximate surface area is 207 Å². The molecule has 3 aromatic rings. The van der Waals surface area contributed by atoms with Crippen LogP contribution < -0.4 is 21.3 Å². The van der Waals surface area contributed by atoms with Gasteiger partial charge in [-0.25, -0.2) is 0 Å². The van der Waals surface area contributed by atoms with Crippen LogP contribution in [-0.2, 0) is 25.7 Å². The first-order valence-electron chi connectivity index (χ1n) is 11.7. The lowest BCUT2D eigenvalue weighted by Crippen LogP contribution is -2.50. The van der Waals surface area contributed by atoms with Gasteiger partial charge in [-0.3, -0.25) is 24.0 Å². The van der Waals surface area contributed by atoms with E-state index in [1.807, 2.05) is 36.4 Å². The first kappa shape index (κ1) is 24.6. The number of rotatable bonds is 10. The molecule has 10 nitrogen and oxygen atoms in total. The van der Waals surface area contributed by atoms with Gasteiger partial charge in [0.2, 0.25) is 17.6 Å². The molecule has 10 heteroatoms. The van der Waals surface area contributed by atoms with E-state index in [0.717, 1.165) is 16.5 Å². The maximum Gasteiger partial charge on any atom is 0.289 e. The molecule has 0 radical (unpaired) electrons. The molecule has 4 amide bonds. The summed E-state index contributed by atoms with van der Waals surface area (Å²) in [5.41, 5.74) is 2.08. The standard InChI is InChI=1S/C26H27N5O5/c32-22(15-30-25(35)18-6-7-20-17(12-18)8-10-27-20)31-21(13-19-9-11-28-24(19)34)23(33)26(36)29-14-16-4-2-1-3-5-16/h1-8,10,12,19,21,27H,9,11,13-15H2,(H,28,34)(H,29,36)(H,30,35)(H,31,32). The Balaban J connectivity index is 1.36. The lowest BCUT2D eigenvalue weighted by atomic mass is 9.95. The van der Waals surface area contributed by atoms with Gasteiger partial charge < -0.3 is 26.3 Å². The van der Waals surface area contributed by atoms with Crippen molar-refractivity contribution in [3.8, 4) is 0 Å². The molecule has 2 unspecified atom stereocenters. The normalized spacial score (nSPS) is 15.7. The fourth-order valence-corrected chi connectivity index (χ4v) is 4.11. The molecule has 2 heterocycles. The topological polar surface area (TPSA) is 149 Å². The second-order valence-corrected chi connectivity index (χ2v) is 8.63. The Bertz CT molecular complexity index is 1290. The highest BCUT2D eigenvalue weighted by atomic mass is 16.2.